The van der Waals surface area contributed by atoms with Crippen LogP contribution in [0, 0.1) is 11.7 Å². The maximum absolute atomic E-state index is 13.6. The van der Waals surface area contributed by atoms with E-state index in [1.54, 1.807) is 0 Å². The molecule has 0 saturated carbocycles. The summed E-state index contributed by atoms with van der Waals surface area (Å²) < 4.78 is 22.9. The first-order valence-corrected chi connectivity index (χ1v) is 7.62. The molecule has 0 fully saturated rings. The van der Waals surface area contributed by atoms with Crippen LogP contribution in [0.4, 0.5) is 4.39 Å². The summed E-state index contributed by atoms with van der Waals surface area (Å²) in [6.45, 7) is 3.08. The SMILES string of the molecule is COC(=O)[C@H](CC(C)C)NC(=O)COC(=O)c1c(F)cccc1Cl. The number of nitrogens with one attached hydrogen (secondary N) is 1. The topological polar surface area (TPSA) is 81.7 Å². The van der Waals surface area contributed by atoms with Crippen molar-refractivity contribution in [1.29, 1.82) is 0 Å². The molecular formula is C16H19ClFNO5. The Bertz CT molecular complexity index is 600. The second kappa shape index (κ2) is 9.22. The standard InChI is InChI=1S/C16H19ClFNO5/c1-9(2)7-12(15(21)23-3)19-13(20)8-24-16(22)14-10(17)5-4-6-11(14)18/h4-6,9,12H,7-8H2,1-3H3,(H,19,20)/t12-/m0/s1. The van der Waals surface area contributed by atoms with Gasteiger partial charge in [-0.25, -0.2) is 14.0 Å². The van der Waals surface area contributed by atoms with Crippen LogP contribution in [-0.2, 0) is 19.1 Å². The van der Waals surface area contributed by atoms with Crippen molar-refractivity contribution in [1.82, 2.24) is 5.32 Å². The van der Waals surface area contributed by atoms with E-state index in [4.69, 9.17) is 16.3 Å². The number of hydrogen-bond acceptors (Lipinski definition) is 5. The second-order valence-corrected chi connectivity index (χ2v) is 5.85. The van der Waals surface area contributed by atoms with E-state index in [1.165, 1.54) is 19.2 Å². The van der Waals surface area contributed by atoms with Gasteiger partial charge < -0.3 is 14.8 Å². The molecule has 8 heteroatoms. The van der Waals surface area contributed by atoms with Crippen molar-refractivity contribution < 1.29 is 28.2 Å². The van der Waals surface area contributed by atoms with Crippen LogP contribution in [0.25, 0.3) is 0 Å². The molecule has 0 heterocycles. The third kappa shape index (κ3) is 5.81. The molecule has 0 aromatic heterocycles. The van der Waals surface area contributed by atoms with Crippen molar-refractivity contribution in [3.8, 4) is 0 Å². The van der Waals surface area contributed by atoms with Gasteiger partial charge in [-0.15, -0.1) is 0 Å². The fourth-order valence-electron chi connectivity index (χ4n) is 1.96. The Morgan fingerprint density at radius 2 is 1.96 bits per heavy atom. The van der Waals surface area contributed by atoms with Crippen LogP contribution in [-0.4, -0.2) is 37.6 Å². The summed E-state index contributed by atoms with van der Waals surface area (Å²) in [5, 5.41) is 2.30. The summed E-state index contributed by atoms with van der Waals surface area (Å²) in [5.41, 5.74) is -0.446. The predicted molar refractivity (Wildman–Crippen MR) is 85.1 cm³/mol. The van der Waals surface area contributed by atoms with E-state index in [0.29, 0.717) is 6.42 Å². The van der Waals surface area contributed by atoms with Gasteiger partial charge in [0.25, 0.3) is 5.91 Å². The third-order valence-corrected chi connectivity index (χ3v) is 3.34. The fourth-order valence-corrected chi connectivity index (χ4v) is 2.20. The normalized spacial score (nSPS) is 11.8. The molecule has 0 aliphatic heterocycles. The van der Waals surface area contributed by atoms with Gasteiger partial charge >= 0.3 is 11.9 Å². The van der Waals surface area contributed by atoms with Crippen molar-refractivity contribution >= 4 is 29.4 Å². The molecule has 1 rings (SSSR count). The van der Waals surface area contributed by atoms with Gasteiger partial charge in [0.15, 0.2) is 6.61 Å². The maximum atomic E-state index is 13.6. The number of ether oxygens (including phenoxy) is 2. The molecule has 132 valence electrons. The van der Waals surface area contributed by atoms with Crippen LogP contribution in [0.1, 0.15) is 30.6 Å². The summed E-state index contributed by atoms with van der Waals surface area (Å²) in [6, 6.07) is 2.88. The Kier molecular flexibility index (Phi) is 7.64. The molecule has 1 aromatic rings. The van der Waals surface area contributed by atoms with E-state index < -0.39 is 41.9 Å². The smallest absolute Gasteiger partial charge is 0.343 e. The molecule has 1 amide bonds. The highest BCUT2D eigenvalue weighted by Crippen LogP contribution is 2.19. The van der Waals surface area contributed by atoms with Gasteiger partial charge in [-0.2, -0.15) is 0 Å². The van der Waals surface area contributed by atoms with Crippen LogP contribution in [0.3, 0.4) is 0 Å². The Morgan fingerprint density at radius 1 is 1.29 bits per heavy atom. The first-order valence-electron chi connectivity index (χ1n) is 7.24. The zero-order valence-corrected chi connectivity index (χ0v) is 14.4. The molecule has 0 aliphatic rings. The average molecular weight is 360 g/mol. The molecule has 1 aromatic carbocycles. The minimum absolute atomic E-state index is 0.118. The lowest BCUT2D eigenvalue weighted by Gasteiger charge is -2.18. The van der Waals surface area contributed by atoms with Gasteiger partial charge in [0, 0.05) is 0 Å². The zero-order chi connectivity index (χ0) is 18.3. The van der Waals surface area contributed by atoms with Crippen LogP contribution in [0.5, 0.6) is 0 Å². The van der Waals surface area contributed by atoms with E-state index >= 15 is 0 Å². The summed E-state index contributed by atoms with van der Waals surface area (Å²) in [5.74, 6) is -3.08. The van der Waals surface area contributed by atoms with Gasteiger partial charge in [-0.1, -0.05) is 31.5 Å². The van der Waals surface area contributed by atoms with E-state index in [-0.39, 0.29) is 10.9 Å². The summed E-state index contributed by atoms with van der Waals surface area (Å²) in [4.78, 5) is 35.3. The molecule has 0 aliphatic carbocycles. The molecule has 24 heavy (non-hydrogen) atoms. The Labute approximate surface area is 144 Å². The molecule has 0 unspecified atom stereocenters. The molecule has 0 bridgehead atoms. The monoisotopic (exact) mass is 359 g/mol. The quantitative estimate of drug-likeness (QED) is 0.756. The number of benzene rings is 1. The maximum Gasteiger partial charge on any atom is 0.343 e. The first kappa shape index (κ1) is 19.9. The Hall–Kier alpha value is -2.15. The van der Waals surface area contributed by atoms with Gasteiger partial charge in [0.1, 0.15) is 17.4 Å². The van der Waals surface area contributed by atoms with Crippen LogP contribution < -0.4 is 5.32 Å². The van der Waals surface area contributed by atoms with Crippen molar-refractivity contribution in [2.75, 3.05) is 13.7 Å². The molecule has 1 N–H and O–H groups in total. The predicted octanol–water partition coefficient (Wildman–Crippen LogP) is 2.34. The lowest BCUT2D eigenvalue weighted by Crippen LogP contribution is -2.44. The zero-order valence-electron chi connectivity index (χ0n) is 13.6. The van der Waals surface area contributed by atoms with Gasteiger partial charge in [0.05, 0.1) is 12.1 Å². The number of carbonyl (C=O) groups is 3. The highest BCUT2D eigenvalue weighted by molar-refractivity contribution is 6.33. The second-order valence-electron chi connectivity index (χ2n) is 5.45. The van der Waals surface area contributed by atoms with Crippen molar-refractivity contribution in [3.05, 3.63) is 34.6 Å². The number of halogens is 2. The molecule has 0 radical (unpaired) electrons. The lowest BCUT2D eigenvalue weighted by atomic mass is 10.0. The lowest BCUT2D eigenvalue weighted by molar-refractivity contribution is -0.145. The Balaban J connectivity index is 2.64. The fraction of sp³-hybridized carbons (Fsp3) is 0.438. The molecule has 0 spiro atoms. The van der Waals surface area contributed by atoms with Crippen LogP contribution >= 0.6 is 11.6 Å². The van der Waals surface area contributed by atoms with Crippen LogP contribution in [0.2, 0.25) is 5.02 Å². The summed E-state index contributed by atoms with van der Waals surface area (Å²) in [7, 11) is 1.21. The third-order valence-electron chi connectivity index (χ3n) is 3.03. The summed E-state index contributed by atoms with van der Waals surface area (Å²) in [6.07, 6.45) is 0.367. The van der Waals surface area contributed by atoms with E-state index in [9.17, 15) is 18.8 Å². The highest BCUT2D eigenvalue weighted by Gasteiger charge is 2.24. The summed E-state index contributed by atoms with van der Waals surface area (Å²) >= 11 is 5.74. The number of hydrogen-bond donors (Lipinski definition) is 1. The van der Waals surface area contributed by atoms with Crippen LogP contribution in [0.15, 0.2) is 18.2 Å². The van der Waals surface area contributed by atoms with Gasteiger partial charge in [0.2, 0.25) is 0 Å². The van der Waals surface area contributed by atoms with Gasteiger partial charge in [-0.05, 0) is 24.5 Å². The van der Waals surface area contributed by atoms with E-state index in [2.05, 4.69) is 10.1 Å². The number of methoxy groups -OCH3 is 1. The van der Waals surface area contributed by atoms with Crippen molar-refractivity contribution in [3.63, 3.8) is 0 Å². The minimum Gasteiger partial charge on any atom is -0.467 e. The van der Waals surface area contributed by atoms with Crippen molar-refractivity contribution in [2.45, 2.75) is 26.3 Å². The number of esters is 2. The first-order chi connectivity index (χ1) is 11.3. The number of carbonyl (C=O) groups excluding carboxylic acids is 3. The molecule has 6 nitrogen and oxygen atoms in total. The molecular weight excluding hydrogens is 341 g/mol. The average Bonchev–Trinajstić information content (AvgIpc) is 2.50. The number of rotatable bonds is 7. The largest absolute Gasteiger partial charge is 0.467 e. The Morgan fingerprint density at radius 3 is 2.50 bits per heavy atom. The minimum atomic E-state index is -1.06. The van der Waals surface area contributed by atoms with Crippen molar-refractivity contribution in [2.24, 2.45) is 5.92 Å². The van der Waals surface area contributed by atoms with Gasteiger partial charge in [-0.3, -0.25) is 4.79 Å². The molecule has 1 atom stereocenters. The van der Waals surface area contributed by atoms with E-state index in [1.807, 2.05) is 13.8 Å². The highest BCUT2D eigenvalue weighted by atomic mass is 35.5. The number of amides is 1. The van der Waals surface area contributed by atoms with E-state index in [0.717, 1.165) is 6.07 Å². The molecule has 0 saturated heterocycles.